The van der Waals surface area contributed by atoms with Crippen LogP contribution in [0.15, 0.2) is 72.9 Å². The molecule has 29 heavy (non-hydrogen) atoms. The number of amides is 1. The Balaban J connectivity index is 1.60. The molecule has 3 aromatic carbocycles. The van der Waals surface area contributed by atoms with E-state index in [0.29, 0.717) is 5.69 Å². The highest BCUT2D eigenvalue weighted by Gasteiger charge is 2.30. The zero-order chi connectivity index (χ0) is 20.6. The fourth-order valence-electron chi connectivity index (χ4n) is 3.14. The summed E-state index contributed by atoms with van der Waals surface area (Å²) >= 11 is 0. The standard InChI is InChI=1S/C22H16F3N3O/c1-28-20-12-15(8-9-17(20)13-26-28)14-4-3-7-19(11-14)27-21(29)16-5-2-6-18(10-16)22(23,24)25/h2-13H,1H3,(H,27,29). The number of anilines is 1. The van der Waals surface area contributed by atoms with Crippen LogP contribution in [0.3, 0.4) is 0 Å². The third-order valence-corrected chi connectivity index (χ3v) is 4.65. The summed E-state index contributed by atoms with van der Waals surface area (Å²) in [5.41, 5.74) is 2.37. The Kier molecular flexibility index (Phi) is 4.58. The van der Waals surface area contributed by atoms with Gasteiger partial charge in [0.2, 0.25) is 0 Å². The van der Waals surface area contributed by atoms with E-state index in [4.69, 9.17) is 0 Å². The molecule has 1 amide bonds. The molecule has 0 unspecified atom stereocenters. The van der Waals surface area contributed by atoms with Crippen molar-refractivity contribution in [2.45, 2.75) is 6.18 Å². The van der Waals surface area contributed by atoms with Crippen LogP contribution in [0.2, 0.25) is 0 Å². The van der Waals surface area contributed by atoms with Gasteiger partial charge in [-0.25, -0.2) is 0 Å². The third-order valence-electron chi connectivity index (χ3n) is 4.65. The maximum atomic E-state index is 12.9. The molecule has 1 heterocycles. The maximum absolute atomic E-state index is 12.9. The van der Waals surface area contributed by atoms with Crippen molar-refractivity contribution in [2.75, 3.05) is 5.32 Å². The maximum Gasteiger partial charge on any atom is 0.416 e. The molecule has 146 valence electrons. The summed E-state index contributed by atoms with van der Waals surface area (Å²) in [5, 5.41) is 7.91. The Labute approximate surface area is 164 Å². The molecule has 4 aromatic rings. The van der Waals surface area contributed by atoms with Crippen molar-refractivity contribution in [3.8, 4) is 11.1 Å². The molecule has 0 spiro atoms. The number of nitrogens with zero attached hydrogens (tertiary/aromatic N) is 2. The molecule has 0 aliphatic heterocycles. The number of alkyl halides is 3. The van der Waals surface area contributed by atoms with Gasteiger partial charge in [0, 0.05) is 23.7 Å². The van der Waals surface area contributed by atoms with Crippen LogP contribution in [0.25, 0.3) is 22.0 Å². The number of nitrogens with one attached hydrogen (secondary N) is 1. The van der Waals surface area contributed by atoms with Gasteiger partial charge >= 0.3 is 6.18 Å². The molecule has 4 nitrogen and oxygen atoms in total. The first-order valence-corrected chi connectivity index (χ1v) is 8.82. The predicted octanol–water partition coefficient (Wildman–Crippen LogP) is 5.51. The van der Waals surface area contributed by atoms with E-state index < -0.39 is 17.6 Å². The van der Waals surface area contributed by atoms with Crippen LogP contribution in [-0.2, 0) is 13.2 Å². The summed E-state index contributed by atoms with van der Waals surface area (Å²) in [6, 6.07) is 17.4. The van der Waals surface area contributed by atoms with E-state index in [9.17, 15) is 18.0 Å². The summed E-state index contributed by atoms with van der Waals surface area (Å²) in [7, 11) is 1.86. The van der Waals surface area contributed by atoms with Gasteiger partial charge in [0.1, 0.15) is 0 Å². The zero-order valence-corrected chi connectivity index (χ0v) is 15.4. The number of aryl methyl sites for hydroxylation is 1. The molecule has 1 N–H and O–H groups in total. The smallest absolute Gasteiger partial charge is 0.322 e. The second-order valence-electron chi connectivity index (χ2n) is 6.66. The van der Waals surface area contributed by atoms with Crippen molar-refractivity contribution in [3.63, 3.8) is 0 Å². The van der Waals surface area contributed by atoms with Gasteiger partial charge in [0.15, 0.2) is 0 Å². The normalized spacial score (nSPS) is 11.6. The number of fused-ring (bicyclic) bond motifs is 1. The lowest BCUT2D eigenvalue weighted by Gasteiger charge is -2.10. The quantitative estimate of drug-likeness (QED) is 0.497. The van der Waals surface area contributed by atoms with E-state index in [2.05, 4.69) is 10.4 Å². The molecule has 7 heteroatoms. The third kappa shape index (κ3) is 3.85. The van der Waals surface area contributed by atoms with Crippen molar-refractivity contribution < 1.29 is 18.0 Å². The highest BCUT2D eigenvalue weighted by molar-refractivity contribution is 6.04. The monoisotopic (exact) mass is 395 g/mol. The van der Waals surface area contributed by atoms with E-state index in [1.165, 1.54) is 12.1 Å². The van der Waals surface area contributed by atoms with Crippen molar-refractivity contribution in [3.05, 3.63) is 84.1 Å². The molecular formula is C22H16F3N3O. The minimum absolute atomic E-state index is 0.0541. The number of aromatic nitrogens is 2. The average Bonchev–Trinajstić information content (AvgIpc) is 3.08. The molecule has 0 aliphatic carbocycles. The minimum Gasteiger partial charge on any atom is -0.322 e. The lowest BCUT2D eigenvalue weighted by atomic mass is 10.0. The molecule has 0 fully saturated rings. The van der Waals surface area contributed by atoms with Gasteiger partial charge in [-0.2, -0.15) is 18.3 Å². The fraction of sp³-hybridized carbons (Fsp3) is 0.0909. The Morgan fingerprint density at radius 3 is 2.52 bits per heavy atom. The number of hydrogen-bond donors (Lipinski definition) is 1. The van der Waals surface area contributed by atoms with Crippen LogP contribution in [0, 0.1) is 0 Å². The van der Waals surface area contributed by atoms with Gasteiger partial charge in [-0.1, -0.05) is 30.3 Å². The number of halogens is 3. The van der Waals surface area contributed by atoms with E-state index in [1.54, 1.807) is 29.1 Å². The minimum atomic E-state index is -4.50. The van der Waals surface area contributed by atoms with E-state index >= 15 is 0 Å². The summed E-state index contributed by atoms with van der Waals surface area (Å²) < 4.78 is 40.4. The van der Waals surface area contributed by atoms with Crippen LogP contribution in [0.1, 0.15) is 15.9 Å². The van der Waals surface area contributed by atoms with E-state index in [1.807, 2.05) is 31.3 Å². The van der Waals surface area contributed by atoms with E-state index in [0.717, 1.165) is 34.2 Å². The second-order valence-corrected chi connectivity index (χ2v) is 6.66. The molecule has 0 saturated heterocycles. The van der Waals surface area contributed by atoms with E-state index in [-0.39, 0.29) is 5.56 Å². The Bertz CT molecular complexity index is 1210. The van der Waals surface area contributed by atoms with Crippen LogP contribution in [0.4, 0.5) is 18.9 Å². The van der Waals surface area contributed by atoms with Crippen LogP contribution < -0.4 is 5.32 Å². The first-order chi connectivity index (χ1) is 13.8. The fourth-order valence-corrected chi connectivity index (χ4v) is 3.14. The predicted molar refractivity (Wildman–Crippen MR) is 106 cm³/mol. The zero-order valence-electron chi connectivity index (χ0n) is 15.4. The van der Waals surface area contributed by atoms with Crippen LogP contribution >= 0.6 is 0 Å². The first-order valence-electron chi connectivity index (χ1n) is 8.82. The number of benzene rings is 3. The van der Waals surface area contributed by atoms with Gasteiger partial charge in [-0.05, 0) is 47.5 Å². The molecule has 0 saturated carbocycles. The molecule has 0 radical (unpaired) electrons. The van der Waals surface area contributed by atoms with Crippen molar-refractivity contribution in [1.82, 2.24) is 9.78 Å². The largest absolute Gasteiger partial charge is 0.416 e. The first kappa shape index (κ1) is 18.7. The molecule has 0 atom stereocenters. The van der Waals surface area contributed by atoms with Crippen LogP contribution in [0.5, 0.6) is 0 Å². The molecular weight excluding hydrogens is 379 g/mol. The Morgan fingerprint density at radius 1 is 0.966 bits per heavy atom. The Hall–Kier alpha value is -3.61. The van der Waals surface area contributed by atoms with Crippen molar-refractivity contribution >= 4 is 22.5 Å². The highest BCUT2D eigenvalue weighted by Crippen LogP contribution is 2.30. The van der Waals surface area contributed by atoms with Crippen molar-refractivity contribution in [2.24, 2.45) is 7.05 Å². The lowest BCUT2D eigenvalue weighted by Crippen LogP contribution is -2.13. The number of carbonyl (C=O) groups is 1. The molecule has 0 aliphatic rings. The van der Waals surface area contributed by atoms with Gasteiger partial charge in [0.05, 0.1) is 17.3 Å². The molecule has 0 bridgehead atoms. The summed E-state index contributed by atoms with van der Waals surface area (Å²) in [5.74, 6) is -0.602. The highest BCUT2D eigenvalue weighted by atomic mass is 19.4. The van der Waals surface area contributed by atoms with Crippen LogP contribution in [-0.4, -0.2) is 15.7 Å². The SMILES string of the molecule is Cn1ncc2ccc(-c3cccc(NC(=O)c4cccc(C(F)(F)F)c4)c3)cc21. The van der Waals surface area contributed by atoms with Crippen molar-refractivity contribution in [1.29, 1.82) is 0 Å². The lowest BCUT2D eigenvalue weighted by molar-refractivity contribution is -0.137. The second kappa shape index (κ2) is 7.09. The number of hydrogen-bond acceptors (Lipinski definition) is 2. The van der Waals surface area contributed by atoms with Gasteiger partial charge in [-0.3, -0.25) is 9.48 Å². The summed E-state index contributed by atoms with van der Waals surface area (Å²) in [4.78, 5) is 12.4. The van der Waals surface area contributed by atoms with Gasteiger partial charge < -0.3 is 5.32 Å². The summed E-state index contributed by atoms with van der Waals surface area (Å²) in [6.45, 7) is 0. The average molecular weight is 395 g/mol. The number of rotatable bonds is 3. The molecule has 1 aromatic heterocycles. The summed E-state index contributed by atoms with van der Waals surface area (Å²) in [6.07, 6.45) is -2.72. The van der Waals surface area contributed by atoms with Gasteiger partial charge in [0.25, 0.3) is 5.91 Å². The number of carbonyl (C=O) groups excluding carboxylic acids is 1. The molecule has 4 rings (SSSR count). The van der Waals surface area contributed by atoms with Gasteiger partial charge in [-0.15, -0.1) is 0 Å². The Morgan fingerprint density at radius 2 is 1.72 bits per heavy atom. The topological polar surface area (TPSA) is 46.9 Å².